The molecular formula is C20H30N4O3. The Morgan fingerprint density at radius 1 is 1.11 bits per heavy atom. The first-order valence-corrected chi connectivity index (χ1v) is 9.54. The van der Waals surface area contributed by atoms with E-state index in [1.807, 2.05) is 44.2 Å². The monoisotopic (exact) mass is 374 g/mol. The number of nitrogens with one attached hydrogen (secondary N) is 2. The number of benzene rings is 1. The van der Waals surface area contributed by atoms with Crippen LogP contribution in [0.1, 0.15) is 32.3 Å². The van der Waals surface area contributed by atoms with Gasteiger partial charge >= 0.3 is 0 Å². The van der Waals surface area contributed by atoms with Crippen molar-refractivity contribution in [2.75, 3.05) is 19.6 Å². The van der Waals surface area contributed by atoms with Gasteiger partial charge in [-0.25, -0.2) is 0 Å². The highest BCUT2D eigenvalue weighted by Gasteiger charge is 2.28. The molecule has 4 N–H and O–H groups in total. The Morgan fingerprint density at radius 3 is 2.33 bits per heavy atom. The number of nitrogens with two attached hydrogens (primary N) is 1. The van der Waals surface area contributed by atoms with E-state index >= 15 is 0 Å². The number of hydrogen-bond donors (Lipinski definition) is 3. The zero-order valence-electron chi connectivity index (χ0n) is 16.1. The van der Waals surface area contributed by atoms with Gasteiger partial charge in [-0.2, -0.15) is 0 Å². The molecule has 2 rings (SSSR count). The van der Waals surface area contributed by atoms with Crippen LogP contribution in [0, 0.1) is 5.92 Å². The second-order valence-corrected chi connectivity index (χ2v) is 7.33. The predicted octanol–water partition coefficient (Wildman–Crippen LogP) is 0.436. The number of nitrogens with zero attached hydrogens (tertiary/aromatic N) is 1. The van der Waals surface area contributed by atoms with Gasteiger partial charge in [0.25, 0.3) is 0 Å². The van der Waals surface area contributed by atoms with E-state index in [2.05, 4.69) is 10.6 Å². The molecule has 7 heteroatoms. The minimum Gasteiger partial charge on any atom is -0.346 e. The highest BCUT2D eigenvalue weighted by molar-refractivity contribution is 5.91. The average Bonchev–Trinajstić information content (AvgIpc) is 3.19. The normalized spacial score (nSPS) is 16.1. The molecule has 0 radical (unpaired) electrons. The fourth-order valence-electron chi connectivity index (χ4n) is 3.04. The van der Waals surface area contributed by atoms with Crippen molar-refractivity contribution in [2.24, 2.45) is 11.7 Å². The lowest BCUT2D eigenvalue weighted by molar-refractivity contribution is -0.135. The Morgan fingerprint density at radius 2 is 1.74 bits per heavy atom. The number of carbonyl (C=O) groups excluding carboxylic acids is 3. The van der Waals surface area contributed by atoms with Crippen LogP contribution >= 0.6 is 0 Å². The Bertz CT molecular complexity index is 642. The molecule has 2 atom stereocenters. The number of hydrogen-bond acceptors (Lipinski definition) is 4. The highest BCUT2D eigenvalue weighted by atomic mass is 16.2. The van der Waals surface area contributed by atoms with Gasteiger partial charge < -0.3 is 21.3 Å². The smallest absolute Gasteiger partial charge is 0.245 e. The molecule has 1 saturated heterocycles. The van der Waals surface area contributed by atoms with Crippen molar-refractivity contribution in [1.82, 2.24) is 15.5 Å². The first-order chi connectivity index (χ1) is 12.9. The summed E-state index contributed by atoms with van der Waals surface area (Å²) in [5, 5.41) is 5.32. The maximum atomic E-state index is 12.8. The summed E-state index contributed by atoms with van der Waals surface area (Å²) in [4.78, 5) is 38.9. The van der Waals surface area contributed by atoms with Gasteiger partial charge in [0, 0.05) is 19.5 Å². The lowest BCUT2D eigenvalue weighted by Crippen LogP contribution is -2.52. The number of carbonyl (C=O) groups is 3. The largest absolute Gasteiger partial charge is 0.346 e. The Hall–Kier alpha value is -2.41. The molecule has 1 unspecified atom stereocenters. The standard InChI is InChI=1S/C20H30N4O3/c1-14(2)18(21)19(26)22-13-17(25)23-16(12-15-8-4-3-5-9-15)20(27)24-10-6-7-11-24/h3-5,8-9,14,16,18H,6-7,10-13,21H2,1-2H3,(H,22,26)(H,23,25)/t16?,18-/m0/s1. The van der Waals surface area contributed by atoms with Crippen LogP contribution in [0.3, 0.4) is 0 Å². The van der Waals surface area contributed by atoms with E-state index in [-0.39, 0.29) is 24.3 Å². The van der Waals surface area contributed by atoms with E-state index in [1.165, 1.54) is 0 Å². The van der Waals surface area contributed by atoms with Gasteiger partial charge in [-0.15, -0.1) is 0 Å². The topological polar surface area (TPSA) is 105 Å². The highest BCUT2D eigenvalue weighted by Crippen LogP contribution is 2.12. The molecule has 1 aliphatic rings. The molecule has 7 nitrogen and oxygen atoms in total. The zero-order valence-corrected chi connectivity index (χ0v) is 16.1. The zero-order chi connectivity index (χ0) is 19.8. The number of likely N-dealkylation sites (tertiary alicyclic amines) is 1. The molecule has 27 heavy (non-hydrogen) atoms. The molecule has 0 aliphatic carbocycles. The third-order valence-electron chi connectivity index (χ3n) is 4.78. The number of rotatable bonds is 8. The molecule has 0 saturated carbocycles. The van der Waals surface area contributed by atoms with Gasteiger partial charge in [-0.3, -0.25) is 14.4 Å². The quantitative estimate of drug-likeness (QED) is 0.614. The summed E-state index contributed by atoms with van der Waals surface area (Å²) in [6, 6.07) is 8.27. The predicted molar refractivity (Wildman–Crippen MR) is 104 cm³/mol. The van der Waals surface area contributed by atoms with Crippen LogP contribution in [0.2, 0.25) is 0 Å². The van der Waals surface area contributed by atoms with Crippen LogP contribution < -0.4 is 16.4 Å². The summed E-state index contributed by atoms with van der Waals surface area (Å²) in [5.74, 6) is -0.857. The summed E-state index contributed by atoms with van der Waals surface area (Å²) in [6.07, 6.45) is 2.39. The van der Waals surface area contributed by atoms with Gasteiger partial charge in [-0.1, -0.05) is 44.2 Å². The fourth-order valence-corrected chi connectivity index (χ4v) is 3.04. The second kappa shape index (κ2) is 10.1. The minimum absolute atomic E-state index is 0.0179. The van der Waals surface area contributed by atoms with Crippen LogP contribution in [0.15, 0.2) is 30.3 Å². The van der Waals surface area contributed by atoms with Crippen molar-refractivity contribution < 1.29 is 14.4 Å². The van der Waals surface area contributed by atoms with Gasteiger partial charge in [0.05, 0.1) is 12.6 Å². The minimum atomic E-state index is -0.663. The summed E-state index contributed by atoms with van der Waals surface area (Å²) >= 11 is 0. The molecule has 0 aromatic heterocycles. The second-order valence-electron chi connectivity index (χ2n) is 7.33. The van der Waals surface area contributed by atoms with Gasteiger partial charge in [-0.05, 0) is 24.3 Å². The van der Waals surface area contributed by atoms with Crippen molar-refractivity contribution in [3.8, 4) is 0 Å². The van der Waals surface area contributed by atoms with Crippen molar-refractivity contribution in [1.29, 1.82) is 0 Å². The number of amides is 3. The van der Waals surface area contributed by atoms with Crippen LogP contribution in [-0.4, -0.2) is 54.3 Å². The van der Waals surface area contributed by atoms with Crippen molar-refractivity contribution in [2.45, 2.75) is 45.2 Å². The van der Waals surface area contributed by atoms with E-state index in [4.69, 9.17) is 5.73 Å². The van der Waals surface area contributed by atoms with E-state index in [9.17, 15) is 14.4 Å². The van der Waals surface area contributed by atoms with Gasteiger partial charge in [0.2, 0.25) is 17.7 Å². The lowest BCUT2D eigenvalue weighted by Gasteiger charge is -2.24. The Labute approximate surface area is 160 Å². The molecule has 3 amide bonds. The molecule has 1 aromatic rings. The first-order valence-electron chi connectivity index (χ1n) is 9.54. The summed E-state index contributed by atoms with van der Waals surface area (Å²) < 4.78 is 0. The molecule has 148 valence electrons. The van der Waals surface area contributed by atoms with E-state index < -0.39 is 18.0 Å². The van der Waals surface area contributed by atoms with E-state index in [0.29, 0.717) is 6.42 Å². The van der Waals surface area contributed by atoms with Gasteiger partial charge in [0.15, 0.2) is 0 Å². The van der Waals surface area contributed by atoms with Crippen LogP contribution in [-0.2, 0) is 20.8 Å². The fraction of sp³-hybridized carbons (Fsp3) is 0.550. The molecular weight excluding hydrogens is 344 g/mol. The summed E-state index contributed by atoms with van der Waals surface area (Å²) in [7, 11) is 0. The Kier molecular flexibility index (Phi) is 7.79. The van der Waals surface area contributed by atoms with E-state index in [0.717, 1.165) is 31.5 Å². The van der Waals surface area contributed by atoms with Crippen molar-refractivity contribution in [3.63, 3.8) is 0 Å². The maximum Gasteiger partial charge on any atom is 0.245 e. The first kappa shape index (κ1) is 20.9. The van der Waals surface area contributed by atoms with Crippen LogP contribution in [0.25, 0.3) is 0 Å². The van der Waals surface area contributed by atoms with Crippen molar-refractivity contribution in [3.05, 3.63) is 35.9 Å². The van der Waals surface area contributed by atoms with Crippen molar-refractivity contribution >= 4 is 17.7 Å². The maximum absolute atomic E-state index is 12.8. The third kappa shape index (κ3) is 6.36. The summed E-state index contributed by atoms with van der Waals surface area (Å²) in [5.41, 5.74) is 6.75. The molecule has 0 bridgehead atoms. The molecule has 0 spiro atoms. The lowest BCUT2D eigenvalue weighted by atomic mass is 10.0. The molecule has 1 fully saturated rings. The third-order valence-corrected chi connectivity index (χ3v) is 4.78. The van der Waals surface area contributed by atoms with Gasteiger partial charge in [0.1, 0.15) is 6.04 Å². The SMILES string of the molecule is CC(C)[C@H](N)C(=O)NCC(=O)NC(Cc1ccccc1)C(=O)N1CCCC1. The molecule has 1 heterocycles. The molecule has 1 aliphatic heterocycles. The van der Waals surface area contributed by atoms with Crippen LogP contribution in [0.4, 0.5) is 0 Å². The van der Waals surface area contributed by atoms with E-state index in [1.54, 1.807) is 4.90 Å². The Balaban J connectivity index is 1.97. The van der Waals surface area contributed by atoms with Crippen LogP contribution in [0.5, 0.6) is 0 Å². The molecule has 1 aromatic carbocycles. The summed E-state index contributed by atoms with van der Waals surface area (Å²) in [6.45, 7) is 4.93. The average molecular weight is 374 g/mol.